The zero-order valence-electron chi connectivity index (χ0n) is 26.8. The molecule has 0 N–H and O–H groups in total. The van der Waals surface area contributed by atoms with Crippen molar-refractivity contribution in [1.29, 1.82) is 10.5 Å². The first-order valence-corrected chi connectivity index (χ1v) is 15.7. The summed E-state index contributed by atoms with van der Waals surface area (Å²) in [6.07, 6.45) is 2.14. The van der Waals surface area contributed by atoms with Crippen LogP contribution in [0.1, 0.15) is 61.7 Å². The first-order valence-electron chi connectivity index (χ1n) is 15.7. The number of hydrogen-bond acceptors (Lipinski definition) is 6. The lowest BCUT2D eigenvalue weighted by molar-refractivity contribution is 0.0130. The Labute approximate surface area is 262 Å². The highest BCUT2D eigenvalue weighted by Crippen LogP contribution is 2.33. The summed E-state index contributed by atoms with van der Waals surface area (Å²) in [5.41, 5.74) is 7.23. The van der Waals surface area contributed by atoms with Gasteiger partial charge in [0.25, 0.3) is 0 Å². The fraction of sp³-hybridized carbons (Fsp3) is 0.472. The van der Waals surface area contributed by atoms with Crippen LogP contribution in [0.25, 0.3) is 11.1 Å². The van der Waals surface area contributed by atoms with Crippen LogP contribution in [0.5, 0.6) is 0 Å². The average Bonchev–Trinajstić information content (AvgIpc) is 3.25. The van der Waals surface area contributed by atoms with Crippen LogP contribution in [0.4, 0.5) is 10.5 Å². The lowest BCUT2D eigenvalue weighted by atomic mass is 9.95. The zero-order chi connectivity index (χ0) is 31.4. The number of nitrogens with zero attached hydrogens (tertiary/aromatic N) is 6. The lowest BCUT2D eigenvalue weighted by Crippen LogP contribution is -2.51. The normalized spacial score (nSPS) is 16.4. The molecule has 2 fully saturated rings. The second kappa shape index (κ2) is 13.2. The Balaban J connectivity index is 1.14. The van der Waals surface area contributed by atoms with Gasteiger partial charge in [-0.2, -0.15) is 10.5 Å². The molecule has 0 saturated carbocycles. The minimum atomic E-state index is -0.455. The lowest BCUT2D eigenvalue weighted by Gasteiger charge is -2.39. The molecule has 44 heavy (non-hydrogen) atoms. The van der Waals surface area contributed by atoms with Gasteiger partial charge in [0.1, 0.15) is 11.7 Å². The molecule has 0 radical (unpaired) electrons. The van der Waals surface area contributed by atoms with Gasteiger partial charge in [-0.25, -0.2) is 4.79 Å². The van der Waals surface area contributed by atoms with Crippen molar-refractivity contribution < 1.29 is 9.53 Å². The van der Waals surface area contributed by atoms with Crippen LogP contribution in [0.15, 0.2) is 48.5 Å². The van der Waals surface area contributed by atoms with Crippen molar-refractivity contribution in [3.05, 3.63) is 76.6 Å². The number of rotatable bonds is 6. The van der Waals surface area contributed by atoms with E-state index >= 15 is 0 Å². The average molecular weight is 593 g/mol. The number of carbonyl (C=O) groups excluding carboxylic acids is 1. The number of anilines is 1. The quantitative estimate of drug-likeness (QED) is 0.332. The van der Waals surface area contributed by atoms with Gasteiger partial charge in [-0.1, -0.05) is 24.3 Å². The highest BCUT2D eigenvalue weighted by atomic mass is 16.6. The predicted octanol–water partition coefficient (Wildman–Crippen LogP) is 6.33. The van der Waals surface area contributed by atoms with Crippen LogP contribution in [0.3, 0.4) is 0 Å². The first kappa shape index (κ1) is 31.2. The molecule has 0 spiro atoms. The SMILES string of the molecule is Cc1c(C#N)c(-c2ccc(C#N)cc2)c(C)n1Cc1ccc(N2CCC(CN3CCN(C(=O)OC(C)(C)C)CC3)CC2)cc1. The summed E-state index contributed by atoms with van der Waals surface area (Å²) < 4.78 is 7.76. The number of benzene rings is 2. The third-order valence-electron chi connectivity index (χ3n) is 8.99. The Morgan fingerprint density at radius 1 is 0.864 bits per heavy atom. The summed E-state index contributed by atoms with van der Waals surface area (Å²) in [6, 6.07) is 20.9. The van der Waals surface area contributed by atoms with Gasteiger partial charge in [-0.3, -0.25) is 4.90 Å². The molecule has 0 unspecified atom stereocenters. The van der Waals surface area contributed by atoms with Crippen molar-refractivity contribution in [3.63, 3.8) is 0 Å². The van der Waals surface area contributed by atoms with E-state index in [2.05, 4.69) is 57.7 Å². The molecule has 8 nitrogen and oxygen atoms in total. The number of amides is 1. The number of ether oxygens (including phenoxy) is 1. The molecule has 0 bridgehead atoms. The summed E-state index contributed by atoms with van der Waals surface area (Å²) in [7, 11) is 0. The Bertz CT molecular complexity index is 1540. The van der Waals surface area contributed by atoms with Crippen LogP contribution < -0.4 is 4.90 Å². The summed E-state index contributed by atoms with van der Waals surface area (Å²) in [5.74, 6) is 0.679. The molecule has 5 rings (SSSR count). The smallest absolute Gasteiger partial charge is 0.410 e. The maximum absolute atomic E-state index is 12.4. The Morgan fingerprint density at radius 2 is 1.50 bits per heavy atom. The summed E-state index contributed by atoms with van der Waals surface area (Å²) in [6.45, 7) is 17.0. The predicted molar refractivity (Wildman–Crippen MR) is 173 cm³/mol. The molecule has 0 atom stereocenters. The van der Waals surface area contributed by atoms with Crippen molar-refractivity contribution in [3.8, 4) is 23.3 Å². The molecule has 2 aromatic carbocycles. The fourth-order valence-corrected chi connectivity index (χ4v) is 6.50. The van der Waals surface area contributed by atoms with Crippen molar-refractivity contribution in [2.75, 3.05) is 50.7 Å². The van der Waals surface area contributed by atoms with E-state index in [9.17, 15) is 10.1 Å². The van der Waals surface area contributed by atoms with Crippen molar-refractivity contribution in [2.24, 2.45) is 5.92 Å². The Kier molecular flexibility index (Phi) is 9.32. The van der Waals surface area contributed by atoms with E-state index in [0.717, 1.165) is 68.3 Å². The molecular weight excluding hydrogens is 548 g/mol. The van der Waals surface area contributed by atoms with E-state index < -0.39 is 5.60 Å². The van der Waals surface area contributed by atoms with E-state index in [0.29, 0.717) is 23.6 Å². The molecule has 1 aromatic heterocycles. The van der Waals surface area contributed by atoms with E-state index in [4.69, 9.17) is 10.00 Å². The van der Waals surface area contributed by atoms with Gasteiger partial charge in [0.15, 0.2) is 0 Å². The number of aromatic nitrogens is 1. The van der Waals surface area contributed by atoms with E-state index in [1.165, 1.54) is 24.1 Å². The zero-order valence-corrected chi connectivity index (χ0v) is 26.8. The van der Waals surface area contributed by atoms with Crippen LogP contribution in [0, 0.1) is 42.4 Å². The third kappa shape index (κ3) is 7.09. The van der Waals surface area contributed by atoms with Gasteiger partial charge in [-0.05, 0) is 88.8 Å². The van der Waals surface area contributed by atoms with E-state index in [-0.39, 0.29) is 6.09 Å². The monoisotopic (exact) mass is 592 g/mol. The molecule has 2 aliphatic rings. The third-order valence-corrected chi connectivity index (χ3v) is 8.99. The summed E-state index contributed by atoms with van der Waals surface area (Å²) in [4.78, 5) is 19.2. The number of hydrogen-bond donors (Lipinski definition) is 0. The van der Waals surface area contributed by atoms with E-state index in [1.807, 2.05) is 44.7 Å². The second-order valence-electron chi connectivity index (χ2n) is 13.2. The highest BCUT2D eigenvalue weighted by Gasteiger charge is 2.28. The van der Waals surface area contributed by atoms with Crippen LogP contribution >= 0.6 is 0 Å². The number of carbonyl (C=O) groups is 1. The van der Waals surface area contributed by atoms with Gasteiger partial charge in [-0.15, -0.1) is 0 Å². The molecule has 0 aliphatic carbocycles. The standard InChI is InChI=1S/C36H44N6O2/c1-26-33(23-38)34(31-10-6-28(22-37)7-11-31)27(2)42(26)25-29-8-12-32(13-9-29)40-16-14-30(15-17-40)24-39-18-20-41(21-19-39)35(43)44-36(3,4)5/h6-13,30H,14-21,24-25H2,1-5H3. The molecular formula is C36H44N6O2. The Hall–Kier alpha value is -4.27. The van der Waals surface area contributed by atoms with Gasteiger partial charge in [0, 0.05) is 75.0 Å². The number of piperidine rings is 1. The van der Waals surface area contributed by atoms with Crippen LogP contribution in [0.2, 0.25) is 0 Å². The maximum atomic E-state index is 12.4. The van der Waals surface area contributed by atoms with Crippen molar-refractivity contribution in [2.45, 2.75) is 59.6 Å². The molecule has 8 heteroatoms. The summed E-state index contributed by atoms with van der Waals surface area (Å²) >= 11 is 0. The van der Waals surface area contributed by atoms with Gasteiger partial charge in [0.05, 0.1) is 17.2 Å². The van der Waals surface area contributed by atoms with Crippen LogP contribution in [-0.2, 0) is 11.3 Å². The highest BCUT2D eigenvalue weighted by molar-refractivity contribution is 5.75. The van der Waals surface area contributed by atoms with Crippen LogP contribution in [-0.4, -0.2) is 71.9 Å². The molecule has 3 heterocycles. The topological polar surface area (TPSA) is 88.5 Å². The minimum Gasteiger partial charge on any atom is -0.444 e. The van der Waals surface area contributed by atoms with Gasteiger partial charge >= 0.3 is 6.09 Å². The minimum absolute atomic E-state index is 0.199. The first-order chi connectivity index (χ1) is 21.1. The second-order valence-corrected chi connectivity index (χ2v) is 13.2. The fourth-order valence-electron chi connectivity index (χ4n) is 6.50. The van der Waals surface area contributed by atoms with Crippen molar-refractivity contribution >= 4 is 11.8 Å². The summed E-state index contributed by atoms with van der Waals surface area (Å²) in [5, 5.41) is 19.1. The maximum Gasteiger partial charge on any atom is 0.410 e. The van der Waals surface area contributed by atoms with Gasteiger partial charge < -0.3 is 19.1 Å². The Morgan fingerprint density at radius 3 is 2.07 bits per heavy atom. The van der Waals surface area contributed by atoms with Gasteiger partial charge in [0.2, 0.25) is 0 Å². The largest absolute Gasteiger partial charge is 0.444 e. The molecule has 2 aliphatic heterocycles. The van der Waals surface area contributed by atoms with E-state index in [1.54, 1.807) is 12.1 Å². The number of piperazine rings is 1. The molecule has 1 amide bonds. The molecule has 2 saturated heterocycles. The molecule has 230 valence electrons. The van der Waals surface area contributed by atoms with Crippen molar-refractivity contribution in [1.82, 2.24) is 14.4 Å². The number of nitriles is 2. The molecule has 3 aromatic rings.